The molecule has 0 spiro atoms. The maximum Gasteiger partial charge on any atom is 0.236 e. The number of hydrogen-bond acceptors (Lipinski definition) is 6. The van der Waals surface area contributed by atoms with Crippen molar-refractivity contribution in [3.05, 3.63) is 51.8 Å². The molecule has 0 fully saturated rings. The molecule has 0 saturated heterocycles. The number of anilines is 1. The SMILES string of the molecule is C=CCn1c(SCC(=O)Nc2ccc(Cl)cn2)nnc1-c1csc(C)c1C. The Morgan fingerprint density at radius 2 is 2.22 bits per heavy atom. The zero-order chi connectivity index (χ0) is 19.4. The lowest BCUT2D eigenvalue weighted by Crippen LogP contribution is -2.15. The zero-order valence-electron chi connectivity index (χ0n) is 14.9. The summed E-state index contributed by atoms with van der Waals surface area (Å²) in [6.07, 6.45) is 3.28. The van der Waals surface area contributed by atoms with E-state index in [1.807, 2.05) is 4.57 Å². The summed E-state index contributed by atoms with van der Waals surface area (Å²) in [6, 6.07) is 3.33. The van der Waals surface area contributed by atoms with E-state index in [-0.39, 0.29) is 11.7 Å². The van der Waals surface area contributed by atoms with Gasteiger partial charge in [-0.05, 0) is 31.5 Å². The van der Waals surface area contributed by atoms with Crippen molar-refractivity contribution >= 4 is 46.4 Å². The number of amides is 1. The van der Waals surface area contributed by atoms with Crippen molar-refractivity contribution in [2.45, 2.75) is 25.5 Å². The zero-order valence-corrected chi connectivity index (χ0v) is 17.3. The highest BCUT2D eigenvalue weighted by Crippen LogP contribution is 2.31. The van der Waals surface area contributed by atoms with E-state index in [0.717, 1.165) is 11.4 Å². The van der Waals surface area contributed by atoms with Crippen molar-refractivity contribution in [1.29, 1.82) is 0 Å². The average Bonchev–Trinajstić information content (AvgIpc) is 3.19. The Kier molecular flexibility index (Phi) is 6.30. The first kappa shape index (κ1) is 19.6. The highest BCUT2D eigenvalue weighted by molar-refractivity contribution is 7.99. The number of nitrogens with zero attached hydrogens (tertiary/aromatic N) is 4. The van der Waals surface area contributed by atoms with E-state index in [9.17, 15) is 4.79 Å². The van der Waals surface area contributed by atoms with E-state index >= 15 is 0 Å². The molecular formula is C18H18ClN5OS2. The number of carbonyl (C=O) groups excluding carboxylic acids is 1. The van der Waals surface area contributed by atoms with Crippen molar-refractivity contribution in [1.82, 2.24) is 19.7 Å². The van der Waals surface area contributed by atoms with Crippen LogP contribution in [0.15, 0.2) is 41.5 Å². The van der Waals surface area contributed by atoms with Crippen molar-refractivity contribution in [3.8, 4) is 11.4 Å². The number of aryl methyl sites for hydroxylation is 1. The van der Waals surface area contributed by atoms with Gasteiger partial charge in [0.2, 0.25) is 5.91 Å². The molecule has 27 heavy (non-hydrogen) atoms. The molecule has 1 amide bonds. The molecule has 6 nitrogen and oxygen atoms in total. The van der Waals surface area contributed by atoms with Crippen LogP contribution in [-0.2, 0) is 11.3 Å². The summed E-state index contributed by atoms with van der Waals surface area (Å²) < 4.78 is 1.97. The third kappa shape index (κ3) is 4.58. The van der Waals surface area contributed by atoms with Gasteiger partial charge in [0.15, 0.2) is 11.0 Å². The Morgan fingerprint density at radius 3 is 2.85 bits per heavy atom. The number of halogens is 1. The molecule has 3 aromatic heterocycles. The Labute approximate surface area is 170 Å². The van der Waals surface area contributed by atoms with Crippen LogP contribution in [0, 0.1) is 13.8 Å². The lowest BCUT2D eigenvalue weighted by Gasteiger charge is -2.08. The summed E-state index contributed by atoms with van der Waals surface area (Å²) in [7, 11) is 0. The van der Waals surface area contributed by atoms with E-state index in [1.54, 1.807) is 29.5 Å². The van der Waals surface area contributed by atoms with Crippen LogP contribution >= 0.6 is 34.7 Å². The molecular weight excluding hydrogens is 402 g/mol. The molecule has 140 valence electrons. The fourth-order valence-electron chi connectivity index (χ4n) is 2.38. The maximum atomic E-state index is 12.2. The van der Waals surface area contributed by atoms with E-state index in [1.165, 1.54) is 28.4 Å². The van der Waals surface area contributed by atoms with Gasteiger partial charge in [-0.1, -0.05) is 29.4 Å². The van der Waals surface area contributed by atoms with E-state index in [4.69, 9.17) is 11.6 Å². The molecule has 0 aromatic carbocycles. The minimum Gasteiger partial charge on any atom is -0.310 e. The van der Waals surface area contributed by atoms with Crippen LogP contribution in [0.2, 0.25) is 5.02 Å². The molecule has 0 aliphatic rings. The number of allylic oxidation sites excluding steroid dienone is 1. The summed E-state index contributed by atoms with van der Waals surface area (Å²) in [5.74, 6) is 1.27. The quantitative estimate of drug-likeness (QED) is 0.448. The minimum atomic E-state index is -0.174. The Bertz CT molecular complexity index is 965. The minimum absolute atomic E-state index is 0.174. The van der Waals surface area contributed by atoms with E-state index in [0.29, 0.717) is 22.5 Å². The molecule has 3 rings (SSSR count). The predicted octanol–water partition coefficient (Wildman–Crippen LogP) is 4.59. The smallest absolute Gasteiger partial charge is 0.236 e. The standard InChI is InChI=1S/C18H18ClN5OS2/c1-4-7-24-17(14-9-26-12(3)11(14)2)22-23-18(24)27-10-16(25)21-15-6-5-13(19)8-20-15/h4-6,8-9H,1,7,10H2,2-3H3,(H,20,21,25). The van der Waals surface area contributed by atoms with Crippen LogP contribution in [0.3, 0.4) is 0 Å². The van der Waals surface area contributed by atoms with Gasteiger partial charge in [0.1, 0.15) is 5.82 Å². The summed E-state index contributed by atoms with van der Waals surface area (Å²) in [6.45, 7) is 8.55. The first-order valence-electron chi connectivity index (χ1n) is 8.13. The van der Waals surface area contributed by atoms with Gasteiger partial charge in [-0.25, -0.2) is 4.98 Å². The molecule has 0 saturated carbocycles. The number of nitrogens with one attached hydrogen (secondary N) is 1. The van der Waals surface area contributed by atoms with Gasteiger partial charge in [0, 0.05) is 28.6 Å². The van der Waals surface area contributed by atoms with Crippen molar-refractivity contribution < 1.29 is 4.79 Å². The number of hydrogen-bond donors (Lipinski definition) is 1. The third-order valence-electron chi connectivity index (χ3n) is 3.88. The highest BCUT2D eigenvalue weighted by atomic mass is 35.5. The molecule has 0 radical (unpaired) electrons. The number of carbonyl (C=O) groups is 1. The van der Waals surface area contributed by atoms with Crippen molar-refractivity contribution in [2.75, 3.05) is 11.1 Å². The first-order valence-corrected chi connectivity index (χ1v) is 10.4. The van der Waals surface area contributed by atoms with Gasteiger partial charge in [-0.2, -0.15) is 0 Å². The molecule has 3 heterocycles. The molecule has 9 heteroatoms. The maximum absolute atomic E-state index is 12.2. The van der Waals surface area contributed by atoms with Crippen LogP contribution < -0.4 is 5.32 Å². The fraction of sp³-hybridized carbons (Fsp3) is 0.222. The van der Waals surface area contributed by atoms with Gasteiger partial charge in [-0.3, -0.25) is 9.36 Å². The van der Waals surface area contributed by atoms with Gasteiger partial charge >= 0.3 is 0 Å². The molecule has 0 unspecified atom stereocenters. The van der Waals surface area contributed by atoms with Crippen LogP contribution in [0.1, 0.15) is 10.4 Å². The fourth-order valence-corrected chi connectivity index (χ4v) is 4.10. The summed E-state index contributed by atoms with van der Waals surface area (Å²) in [5, 5.41) is 14.6. The van der Waals surface area contributed by atoms with Crippen LogP contribution in [0.25, 0.3) is 11.4 Å². The highest BCUT2D eigenvalue weighted by Gasteiger charge is 2.18. The second-order valence-electron chi connectivity index (χ2n) is 5.73. The first-order chi connectivity index (χ1) is 13.0. The number of aromatic nitrogens is 4. The average molecular weight is 420 g/mol. The largest absolute Gasteiger partial charge is 0.310 e. The monoisotopic (exact) mass is 419 g/mol. The molecule has 3 aromatic rings. The summed E-state index contributed by atoms with van der Waals surface area (Å²) >= 11 is 8.81. The normalized spacial score (nSPS) is 10.8. The van der Waals surface area contributed by atoms with Crippen LogP contribution in [0.4, 0.5) is 5.82 Å². The van der Waals surface area contributed by atoms with E-state index in [2.05, 4.69) is 46.3 Å². The lowest BCUT2D eigenvalue weighted by molar-refractivity contribution is -0.113. The number of pyridine rings is 1. The lowest BCUT2D eigenvalue weighted by atomic mass is 10.1. The Hall–Kier alpha value is -2.16. The Balaban J connectivity index is 1.73. The van der Waals surface area contributed by atoms with Crippen LogP contribution in [0.5, 0.6) is 0 Å². The number of thiophene rings is 1. The Morgan fingerprint density at radius 1 is 1.41 bits per heavy atom. The molecule has 0 bridgehead atoms. The molecule has 0 atom stereocenters. The van der Waals surface area contributed by atoms with Crippen molar-refractivity contribution in [2.24, 2.45) is 0 Å². The van der Waals surface area contributed by atoms with Gasteiger partial charge < -0.3 is 5.32 Å². The summed E-state index contributed by atoms with van der Waals surface area (Å²) in [4.78, 5) is 17.5. The molecule has 0 aliphatic heterocycles. The van der Waals surface area contributed by atoms with Gasteiger partial charge in [0.25, 0.3) is 0 Å². The second kappa shape index (κ2) is 8.69. The van der Waals surface area contributed by atoms with Gasteiger partial charge in [-0.15, -0.1) is 28.1 Å². The number of rotatable bonds is 7. The molecule has 0 aliphatic carbocycles. The number of thioether (sulfide) groups is 1. The predicted molar refractivity (Wildman–Crippen MR) is 112 cm³/mol. The third-order valence-corrected chi connectivity index (χ3v) is 6.09. The second-order valence-corrected chi connectivity index (χ2v) is 8.20. The molecule has 1 N–H and O–H groups in total. The summed E-state index contributed by atoms with van der Waals surface area (Å²) in [5.41, 5.74) is 2.26. The van der Waals surface area contributed by atoms with Crippen molar-refractivity contribution in [3.63, 3.8) is 0 Å². The van der Waals surface area contributed by atoms with E-state index < -0.39 is 0 Å². The van der Waals surface area contributed by atoms with Crippen LogP contribution in [-0.4, -0.2) is 31.4 Å². The topological polar surface area (TPSA) is 72.7 Å². The van der Waals surface area contributed by atoms with Gasteiger partial charge in [0.05, 0.1) is 10.8 Å².